The number of benzene rings is 1. The number of nitrogens with zero attached hydrogens (tertiary/aromatic N) is 1. The first kappa shape index (κ1) is 14.1. The number of rotatable bonds is 3. The molecular formula is C12H9BrN2O2S2. The highest BCUT2D eigenvalue weighted by atomic mass is 79.9. The summed E-state index contributed by atoms with van der Waals surface area (Å²) in [5.74, 6) is 0. The van der Waals surface area contributed by atoms with E-state index >= 15 is 0 Å². The normalized spacial score (nSPS) is 11.0. The monoisotopic (exact) mass is 356 g/mol. The Kier molecular flexibility index (Phi) is 3.94. The molecule has 4 nitrogen and oxygen atoms in total. The summed E-state index contributed by atoms with van der Waals surface area (Å²) in [6.07, 6.45) is 0. The second kappa shape index (κ2) is 5.33. The van der Waals surface area contributed by atoms with E-state index in [1.807, 2.05) is 6.07 Å². The number of aryl methyl sites for hydroxylation is 1. The van der Waals surface area contributed by atoms with Crippen molar-refractivity contribution in [3.63, 3.8) is 0 Å². The molecule has 0 radical (unpaired) electrons. The summed E-state index contributed by atoms with van der Waals surface area (Å²) in [6, 6.07) is 9.81. The van der Waals surface area contributed by atoms with Crippen LogP contribution in [0.5, 0.6) is 0 Å². The lowest BCUT2D eigenvalue weighted by atomic mass is 10.2. The van der Waals surface area contributed by atoms with E-state index < -0.39 is 10.0 Å². The van der Waals surface area contributed by atoms with Crippen molar-refractivity contribution in [2.45, 2.75) is 11.8 Å². The smallest absolute Gasteiger partial charge is 0.263 e. The first-order valence-corrected chi connectivity index (χ1v) is 8.30. The third-order valence-electron chi connectivity index (χ3n) is 2.40. The molecular weight excluding hydrogens is 348 g/mol. The Labute approximate surface area is 123 Å². The second-order valence-electron chi connectivity index (χ2n) is 3.77. The maximum absolute atomic E-state index is 12.2. The first-order chi connectivity index (χ1) is 8.92. The summed E-state index contributed by atoms with van der Waals surface area (Å²) >= 11 is 4.64. The average Bonchev–Trinajstić information content (AvgIpc) is 2.70. The summed E-state index contributed by atoms with van der Waals surface area (Å²) in [6.45, 7) is 1.75. The fraction of sp³-hybridized carbons (Fsp3) is 0.0833. The maximum atomic E-state index is 12.2. The number of halogens is 1. The Hall–Kier alpha value is -1.36. The molecule has 0 aliphatic rings. The van der Waals surface area contributed by atoms with Crippen LogP contribution in [0.2, 0.25) is 0 Å². The number of thiophene rings is 1. The van der Waals surface area contributed by atoms with E-state index in [1.165, 1.54) is 11.3 Å². The molecule has 1 heterocycles. The summed E-state index contributed by atoms with van der Waals surface area (Å²) in [5, 5.41) is 8.69. The molecule has 0 bridgehead atoms. The summed E-state index contributed by atoms with van der Waals surface area (Å²) in [5.41, 5.74) is 0.915. The molecule has 0 spiro atoms. The summed E-state index contributed by atoms with van der Waals surface area (Å²) in [7, 11) is -3.60. The van der Waals surface area contributed by atoms with E-state index in [0.717, 1.165) is 3.79 Å². The minimum absolute atomic E-state index is 0.258. The molecule has 2 rings (SSSR count). The second-order valence-corrected chi connectivity index (χ2v) is 8.05. The first-order valence-electron chi connectivity index (χ1n) is 5.21. The fourth-order valence-electron chi connectivity index (χ4n) is 1.52. The number of anilines is 1. The Morgan fingerprint density at radius 3 is 2.42 bits per heavy atom. The van der Waals surface area contributed by atoms with Gasteiger partial charge < -0.3 is 0 Å². The van der Waals surface area contributed by atoms with Gasteiger partial charge in [-0.25, -0.2) is 8.42 Å². The fourth-order valence-corrected chi connectivity index (χ4v) is 4.99. The number of hydrogen-bond donors (Lipinski definition) is 1. The highest BCUT2D eigenvalue weighted by Crippen LogP contribution is 2.30. The third kappa shape index (κ3) is 3.15. The quantitative estimate of drug-likeness (QED) is 0.914. The van der Waals surface area contributed by atoms with Gasteiger partial charge in [0.15, 0.2) is 0 Å². The molecule has 98 valence electrons. The van der Waals surface area contributed by atoms with Crippen molar-refractivity contribution in [1.82, 2.24) is 0 Å². The molecule has 7 heteroatoms. The van der Waals surface area contributed by atoms with Crippen molar-refractivity contribution in [3.8, 4) is 6.07 Å². The lowest BCUT2D eigenvalue weighted by Crippen LogP contribution is -2.12. The van der Waals surface area contributed by atoms with Gasteiger partial charge in [0, 0.05) is 10.6 Å². The van der Waals surface area contributed by atoms with Gasteiger partial charge in [0.05, 0.1) is 15.4 Å². The zero-order valence-corrected chi connectivity index (χ0v) is 13.1. The largest absolute Gasteiger partial charge is 0.280 e. The highest BCUT2D eigenvalue weighted by Gasteiger charge is 2.19. The van der Waals surface area contributed by atoms with Gasteiger partial charge >= 0.3 is 0 Å². The van der Waals surface area contributed by atoms with Crippen LogP contribution in [0.25, 0.3) is 0 Å². The van der Waals surface area contributed by atoms with Gasteiger partial charge in [-0.3, -0.25) is 4.72 Å². The minimum atomic E-state index is -3.60. The highest BCUT2D eigenvalue weighted by molar-refractivity contribution is 9.11. The van der Waals surface area contributed by atoms with E-state index in [4.69, 9.17) is 5.26 Å². The maximum Gasteiger partial charge on any atom is 0.263 e. The van der Waals surface area contributed by atoms with Crippen LogP contribution in [0.3, 0.4) is 0 Å². The average molecular weight is 357 g/mol. The molecule has 0 aliphatic carbocycles. The molecule has 1 aromatic carbocycles. The van der Waals surface area contributed by atoms with Crippen LogP contribution >= 0.6 is 27.3 Å². The molecule has 0 saturated carbocycles. The van der Waals surface area contributed by atoms with E-state index in [1.54, 1.807) is 37.3 Å². The Morgan fingerprint density at radius 1 is 1.32 bits per heavy atom. The van der Waals surface area contributed by atoms with Gasteiger partial charge in [0.1, 0.15) is 4.90 Å². The van der Waals surface area contributed by atoms with Crippen LogP contribution in [0, 0.1) is 18.3 Å². The third-order valence-corrected chi connectivity index (χ3v) is 5.59. The molecule has 2 aromatic rings. The van der Waals surface area contributed by atoms with E-state index in [-0.39, 0.29) is 4.90 Å². The molecule has 0 saturated heterocycles. The van der Waals surface area contributed by atoms with Gasteiger partial charge in [-0.2, -0.15) is 5.26 Å². The lowest BCUT2D eigenvalue weighted by Gasteiger charge is -2.07. The molecule has 1 N–H and O–H groups in total. The number of sulfonamides is 1. The van der Waals surface area contributed by atoms with Gasteiger partial charge in [0.25, 0.3) is 10.0 Å². The predicted molar refractivity (Wildman–Crippen MR) is 78.7 cm³/mol. The molecule has 0 unspecified atom stereocenters. The zero-order valence-electron chi connectivity index (χ0n) is 9.84. The van der Waals surface area contributed by atoms with Crippen molar-refractivity contribution in [3.05, 3.63) is 44.6 Å². The Morgan fingerprint density at radius 2 is 1.95 bits per heavy atom. The van der Waals surface area contributed by atoms with E-state index in [9.17, 15) is 8.42 Å². The standard InChI is InChI=1S/C12H9BrN2O2S2/c1-8-11(6-12(13)18-8)19(16,17)15-10-4-2-9(7-14)3-5-10/h2-6,15H,1H3. The van der Waals surface area contributed by atoms with Gasteiger partial charge in [0.2, 0.25) is 0 Å². The van der Waals surface area contributed by atoms with Crippen LogP contribution in [0.15, 0.2) is 39.0 Å². The van der Waals surface area contributed by atoms with Gasteiger partial charge in [-0.05, 0) is 53.2 Å². The Bertz CT molecular complexity index is 743. The number of nitrogens with one attached hydrogen (secondary N) is 1. The molecule has 0 fully saturated rings. The molecule has 0 amide bonds. The molecule has 19 heavy (non-hydrogen) atoms. The van der Waals surface area contributed by atoms with Crippen molar-refractivity contribution in [1.29, 1.82) is 5.26 Å². The SMILES string of the molecule is Cc1sc(Br)cc1S(=O)(=O)Nc1ccc(C#N)cc1. The molecule has 0 atom stereocenters. The van der Waals surface area contributed by atoms with Crippen molar-refractivity contribution in [2.75, 3.05) is 4.72 Å². The van der Waals surface area contributed by atoms with Crippen LogP contribution in [-0.4, -0.2) is 8.42 Å². The summed E-state index contributed by atoms with van der Waals surface area (Å²) < 4.78 is 27.7. The topological polar surface area (TPSA) is 70.0 Å². The molecule has 1 aromatic heterocycles. The van der Waals surface area contributed by atoms with Crippen LogP contribution in [-0.2, 0) is 10.0 Å². The number of nitriles is 1. The van der Waals surface area contributed by atoms with Crippen LogP contribution < -0.4 is 4.72 Å². The predicted octanol–water partition coefficient (Wildman–Crippen LogP) is 3.49. The van der Waals surface area contributed by atoms with Crippen molar-refractivity contribution in [2.24, 2.45) is 0 Å². The van der Waals surface area contributed by atoms with Gasteiger partial charge in [-0.1, -0.05) is 0 Å². The lowest BCUT2D eigenvalue weighted by molar-refractivity contribution is 0.601. The summed E-state index contributed by atoms with van der Waals surface area (Å²) in [4.78, 5) is 0.974. The van der Waals surface area contributed by atoms with Crippen LogP contribution in [0.1, 0.15) is 10.4 Å². The number of hydrogen-bond acceptors (Lipinski definition) is 4. The Balaban J connectivity index is 2.31. The molecule has 0 aliphatic heterocycles. The zero-order chi connectivity index (χ0) is 14.0. The van der Waals surface area contributed by atoms with E-state index in [0.29, 0.717) is 16.1 Å². The van der Waals surface area contributed by atoms with E-state index in [2.05, 4.69) is 20.7 Å². The van der Waals surface area contributed by atoms with Gasteiger partial charge in [-0.15, -0.1) is 11.3 Å². The minimum Gasteiger partial charge on any atom is -0.280 e. The van der Waals surface area contributed by atoms with Crippen LogP contribution in [0.4, 0.5) is 5.69 Å². The van der Waals surface area contributed by atoms with Crippen molar-refractivity contribution >= 4 is 43.0 Å². The van der Waals surface area contributed by atoms with Crippen molar-refractivity contribution < 1.29 is 8.42 Å².